The van der Waals surface area contributed by atoms with Crippen LogP contribution in [-0.4, -0.2) is 22.4 Å². The summed E-state index contributed by atoms with van der Waals surface area (Å²) >= 11 is 0. The van der Waals surface area contributed by atoms with E-state index in [1.54, 1.807) is 0 Å². The number of aromatic carboxylic acids is 1. The summed E-state index contributed by atoms with van der Waals surface area (Å²) in [5.74, 6) is -2.46. The van der Waals surface area contributed by atoms with Crippen LogP contribution < -0.4 is 4.74 Å². The van der Waals surface area contributed by atoms with Gasteiger partial charge in [-0.15, -0.1) is 13.2 Å². The first kappa shape index (κ1) is 17.6. The molecule has 2 rings (SSSR count). The number of carboxylic acid groups (broad SMARTS) is 1. The fourth-order valence-corrected chi connectivity index (χ4v) is 1.86. The normalized spacial score (nSPS) is 12.1. The standard InChI is InChI=1S/C14H7F6NO3/c15-13(16,17)11-9(12(22)23)4-5-10(21-11)7-2-1-3-8(6-7)24-14(18,19)20/h1-6H,(H,22,23). The number of hydrogen-bond acceptors (Lipinski definition) is 3. The Morgan fingerprint density at radius 3 is 2.25 bits per heavy atom. The molecular weight excluding hydrogens is 344 g/mol. The predicted octanol–water partition coefficient (Wildman–Crippen LogP) is 4.36. The molecule has 2 aromatic rings. The first-order chi connectivity index (χ1) is 11.0. The smallest absolute Gasteiger partial charge is 0.478 e. The number of rotatable bonds is 3. The minimum absolute atomic E-state index is 0.0980. The molecule has 128 valence electrons. The third kappa shape index (κ3) is 4.15. The van der Waals surface area contributed by atoms with E-state index in [1.807, 2.05) is 0 Å². The summed E-state index contributed by atoms with van der Waals surface area (Å²) in [4.78, 5) is 14.1. The summed E-state index contributed by atoms with van der Waals surface area (Å²) in [6.45, 7) is 0. The molecule has 1 aromatic carbocycles. The number of benzene rings is 1. The van der Waals surface area contributed by atoms with Crippen molar-refractivity contribution in [2.45, 2.75) is 12.5 Å². The molecule has 0 unspecified atom stereocenters. The average molecular weight is 351 g/mol. The van der Waals surface area contributed by atoms with Crippen molar-refractivity contribution in [1.82, 2.24) is 4.98 Å². The largest absolute Gasteiger partial charge is 0.573 e. The van der Waals surface area contributed by atoms with Gasteiger partial charge in [0.15, 0.2) is 5.69 Å². The van der Waals surface area contributed by atoms with E-state index < -0.39 is 35.5 Å². The molecule has 0 aliphatic heterocycles. The van der Waals surface area contributed by atoms with Crippen LogP contribution in [0, 0.1) is 0 Å². The highest BCUT2D eigenvalue weighted by molar-refractivity contribution is 5.89. The van der Waals surface area contributed by atoms with Crippen LogP contribution in [-0.2, 0) is 6.18 Å². The maximum absolute atomic E-state index is 12.9. The van der Waals surface area contributed by atoms with Gasteiger partial charge in [-0.2, -0.15) is 13.2 Å². The van der Waals surface area contributed by atoms with Gasteiger partial charge in [-0.3, -0.25) is 0 Å². The molecule has 10 heteroatoms. The fraction of sp³-hybridized carbons (Fsp3) is 0.143. The van der Waals surface area contributed by atoms with Gasteiger partial charge in [0, 0.05) is 5.56 Å². The topological polar surface area (TPSA) is 59.4 Å². The summed E-state index contributed by atoms with van der Waals surface area (Å²) in [7, 11) is 0. The van der Waals surface area contributed by atoms with Crippen LogP contribution in [0.1, 0.15) is 16.1 Å². The second kappa shape index (κ2) is 6.02. The number of nitrogens with zero attached hydrogens (tertiary/aromatic N) is 1. The monoisotopic (exact) mass is 351 g/mol. The third-order valence-corrected chi connectivity index (χ3v) is 2.76. The molecule has 1 heterocycles. The number of carbonyl (C=O) groups is 1. The summed E-state index contributed by atoms with van der Waals surface area (Å²) < 4.78 is 79.0. The lowest BCUT2D eigenvalue weighted by Crippen LogP contribution is -2.17. The van der Waals surface area contributed by atoms with E-state index in [4.69, 9.17) is 5.11 Å². The third-order valence-electron chi connectivity index (χ3n) is 2.76. The Kier molecular flexibility index (Phi) is 4.41. The van der Waals surface area contributed by atoms with Crippen molar-refractivity contribution in [3.8, 4) is 17.0 Å². The van der Waals surface area contributed by atoms with Gasteiger partial charge in [-0.1, -0.05) is 12.1 Å². The van der Waals surface area contributed by atoms with Crippen LogP contribution >= 0.6 is 0 Å². The van der Waals surface area contributed by atoms with Crippen molar-refractivity contribution in [3.63, 3.8) is 0 Å². The van der Waals surface area contributed by atoms with Crippen LogP contribution in [0.4, 0.5) is 26.3 Å². The number of aromatic nitrogens is 1. The van der Waals surface area contributed by atoms with Gasteiger partial charge in [0.05, 0.1) is 11.3 Å². The van der Waals surface area contributed by atoms with Gasteiger partial charge in [0.2, 0.25) is 0 Å². The van der Waals surface area contributed by atoms with E-state index in [0.717, 1.165) is 24.3 Å². The average Bonchev–Trinajstić information content (AvgIpc) is 2.44. The van der Waals surface area contributed by atoms with Crippen molar-refractivity contribution in [2.24, 2.45) is 0 Å². The van der Waals surface area contributed by atoms with Crippen LogP contribution in [0.3, 0.4) is 0 Å². The molecule has 0 aliphatic rings. The number of carboxylic acids is 1. The molecule has 0 atom stereocenters. The lowest BCUT2D eigenvalue weighted by Gasteiger charge is -2.12. The number of ether oxygens (including phenoxy) is 1. The lowest BCUT2D eigenvalue weighted by atomic mass is 10.1. The minimum Gasteiger partial charge on any atom is -0.478 e. The molecule has 0 radical (unpaired) electrons. The van der Waals surface area contributed by atoms with Crippen LogP contribution in [0.25, 0.3) is 11.3 Å². The van der Waals surface area contributed by atoms with E-state index in [9.17, 15) is 31.1 Å². The zero-order valence-corrected chi connectivity index (χ0v) is 11.4. The molecule has 1 aromatic heterocycles. The number of halogens is 6. The van der Waals surface area contributed by atoms with E-state index in [1.165, 1.54) is 6.07 Å². The van der Waals surface area contributed by atoms with Gasteiger partial charge in [0.25, 0.3) is 0 Å². The minimum atomic E-state index is -5.04. The maximum atomic E-state index is 12.9. The zero-order valence-electron chi connectivity index (χ0n) is 11.4. The van der Waals surface area contributed by atoms with Crippen molar-refractivity contribution in [3.05, 3.63) is 47.7 Å². The van der Waals surface area contributed by atoms with Crippen molar-refractivity contribution >= 4 is 5.97 Å². The SMILES string of the molecule is O=C(O)c1ccc(-c2cccc(OC(F)(F)F)c2)nc1C(F)(F)F. The van der Waals surface area contributed by atoms with Crippen LogP contribution in [0.5, 0.6) is 5.75 Å². The Bertz CT molecular complexity index is 770. The predicted molar refractivity (Wildman–Crippen MR) is 68.3 cm³/mol. The second-order valence-electron chi connectivity index (χ2n) is 4.47. The summed E-state index contributed by atoms with van der Waals surface area (Å²) in [6, 6.07) is 5.81. The van der Waals surface area contributed by atoms with Crippen molar-refractivity contribution < 1.29 is 41.0 Å². The zero-order chi connectivity index (χ0) is 18.1. The van der Waals surface area contributed by atoms with Gasteiger partial charge in [-0.05, 0) is 24.3 Å². The molecule has 0 spiro atoms. The highest BCUT2D eigenvalue weighted by atomic mass is 19.4. The molecule has 0 saturated carbocycles. The van der Waals surface area contributed by atoms with E-state index >= 15 is 0 Å². The highest BCUT2D eigenvalue weighted by Crippen LogP contribution is 2.33. The van der Waals surface area contributed by atoms with Crippen LogP contribution in [0.15, 0.2) is 36.4 Å². The van der Waals surface area contributed by atoms with Gasteiger partial charge < -0.3 is 9.84 Å². The Morgan fingerprint density at radius 2 is 1.71 bits per heavy atom. The molecule has 0 fully saturated rings. The molecule has 0 bridgehead atoms. The number of pyridine rings is 1. The maximum Gasteiger partial charge on any atom is 0.573 e. The lowest BCUT2D eigenvalue weighted by molar-refractivity contribution is -0.274. The van der Waals surface area contributed by atoms with Crippen molar-refractivity contribution in [1.29, 1.82) is 0 Å². The Labute approximate surface area is 130 Å². The van der Waals surface area contributed by atoms with Gasteiger partial charge in [0.1, 0.15) is 5.75 Å². The molecule has 0 aliphatic carbocycles. The summed E-state index contributed by atoms with van der Waals surface area (Å²) in [6.07, 6.45) is -10.00. The number of alkyl halides is 6. The van der Waals surface area contributed by atoms with Gasteiger partial charge >= 0.3 is 18.5 Å². The first-order valence-corrected chi connectivity index (χ1v) is 6.15. The molecule has 1 N–H and O–H groups in total. The Hall–Kier alpha value is -2.78. The Morgan fingerprint density at radius 1 is 1.04 bits per heavy atom. The molecule has 0 amide bonds. The van der Waals surface area contributed by atoms with Gasteiger partial charge in [-0.25, -0.2) is 9.78 Å². The Balaban J connectivity index is 2.50. The van der Waals surface area contributed by atoms with Crippen LogP contribution in [0.2, 0.25) is 0 Å². The summed E-state index contributed by atoms with van der Waals surface area (Å²) in [5.41, 5.74) is -3.15. The fourth-order valence-electron chi connectivity index (χ4n) is 1.86. The van der Waals surface area contributed by atoms with E-state index in [2.05, 4.69) is 9.72 Å². The second-order valence-corrected chi connectivity index (χ2v) is 4.47. The molecule has 4 nitrogen and oxygen atoms in total. The van der Waals surface area contributed by atoms with Crippen molar-refractivity contribution in [2.75, 3.05) is 0 Å². The van der Waals surface area contributed by atoms with E-state index in [0.29, 0.717) is 6.07 Å². The first-order valence-electron chi connectivity index (χ1n) is 6.15. The number of hydrogen-bond donors (Lipinski definition) is 1. The quantitative estimate of drug-likeness (QED) is 0.835. The molecule has 0 saturated heterocycles. The molecular formula is C14H7F6NO3. The van der Waals surface area contributed by atoms with E-state index in [-0.39, 0.29) is 11.3 Å². The highest BCUT2D eigenvalue weighted by Gasteiger charge is 2.37. The molecule has 24 heavy (non-hydrogen) atoms. The summed E-state index contributed by atoms with van der Waals surface area (Å²) in [5, 5.41) is 8.78.